The van der Waals surface area contributed by atoms with Gasteiger partial charge in [-0.3, -0.25) is 14.9 Å². The summed E-state index contributed by atoms with van der Waals surface area (Å²) in [5.74, 6) is 0.192. The van der Waals surface area contributed by atoms with Crippen LogP contribution in [0.1, 0.15) is 32.6 Å². The van der Waals surface area contributed by atoms with E-state index in [1.165, 1.54) is 19.2 Å². The molecule has 2 aromatic carbocycles. The molecular formula is C19H21NO5. The minimum atomic E-state index is -0.560. The number of Topliss-reactive ketones (excluding diaryl/α,β-unsaturated/α-hetero) is 1. The first kappa shape index (κ1) is 18.4. The number of benzene rings is 2. The second-order valence-electron chi connectivity index (χ2n) is 5.94. The van der Waals surface area contributed by atoms with E-state index in [0.29, 0.717) is 11.3 Å². The molecule has 0 saturated carbocycles. The van der Waals surface area contributed by atoms with E-state index in [9.17, 15) is 14.9 Å². The van der Waals surface area contributed by atoms with Crippen molar-refractivity contribution in [3.8, 4) is 11.5 Å². The Balaban J connectivity index is 2.29. The molecule has 0 radical (unpaired) electrons. The molecule has 0 spiro atoms. The third kappa shape index (κ3) is 3.79. The SMILES string of the molecule is COc1ccc(OCC(=O)c2c(C)c(C)cc(C)c2C)c([N+](=O)[O-])c1. The van der Waals surface area contributed by atoms with Crippen molar-refractivity contribution in [3.63, 3.8) is 0 Å². The monoisotopic (exact) mass is 343 g/mol. The van der Waals surface area contributed by atoms with Gasteiger partial charge in [-0.15, -0.1) is 0 Å². The van der Waals surface area contributed by atoms with Crippen LogP contribution in [0.5, 0.6) is 11.5 Å². The first-order valence-electron chi connectivity index (χ1n) is 7.82. The first-order chi connectivity index (χ1) is 11.8. The average molecular weight is 343 g/mol. The van der Waals surface area contributed by atoms with Crippen LogP contribution < -0.4 is 9.47 Å². The number of hydrogen-bond donors (Lipinski definition) is 0. The molecule has 0 atom stereocenters. The van der Waals surface area contributed by atoms with Gasteiger partial charge in [0.25, 0.3) is 0 Å². The quantitative estimate of drug-likeness (QED) is 0.448. The fraction of sp³-hybridized carbons (Fsp3) is 0.316. The molecule has 0 aliphatic heterocycles. The van der Waals surface area contributed by atoms with Gasteiger partial charge < -0.3 is 9.47 Å². The number of rotatable bonds is 6. The summed E-state index contributed by atoms with van der Waals surface area (Å²) in [5, 5.41) is 11.2. The molecule has 6 heteroatoms. The molecule has 0 bridgehead atoms. The minimum absolute atomic E-state index is 0.0406. The Labute approximate surface area is 146 Å². The molecule has 0 saturated heterocycles. The maximum absolute atomic E-state index is 12.6. The largest absolute Gasteiger partial charge is 0.496 e. The van der Waals surface area contributed by atoms with Crippen molar-refractivity contribution in [2.75, 3.05) is 13.7 Å². The number of ketones is 1. The van der Waals surface area contributed by atoms with E-state index in [4.69, 9.17) is 9.47 Å². The van der Waals surface area contributed by atoms with Crippen molar-refractivity contribution in [3.05, 3.63) is 62.2 Å². The van der Waals surface area contributed by atoms with Crippen molar-refractivity contribution >= 4 is 11.5 Å². The number of carbonyl (C=O) groups is 1. The minimum Gasteiger partial charge on any atom is -0.496 e. The van der Waals surface area contributed by atoms with Crippen LogP contribution in [0.15, 0.2) is 24.3 Å². The Kier molecular flexibility index (Phi) is 5.41. The fourth-order valence-electron chi connectivity index (χ4n) is 2.74. The molecule has 2 aromatic rings. The van der Waals surface area contributed by atoms with Gasteiger partial charge in [0.05, 0.1) is 18.1 Å². The van der Waals surface area contributed by atoms with Gasteiger partial charge in [0.2, 0.25) is 5.78 Å². The van der Waals surface area contributed by atoms with Gasteiger partial charge in [-0.2, -0.15) is 0 Å². The number of carbonyl (C=O) groups excluding carboxylic acids is 1. The van der Waals surface area contributed by atoms with Gasteiger partial charge >= 0.3 is 5.69 Å². The van der Waals surface area contributed by atoms with E-state index in [1.807, 2.05) is 33.8 Å². The van der Waals surface area contributed by atoms with Crippen molar-refractivity contribution in [2.45, 2.75) is 27.7 Å². The second-order valence-corrected chi connectivity index (χ2v) is 5.94. The molecule has 0 unspecified atom stereocenters. The number of nitro benzene ring substituents is 1. The Morgan fingerprint density at radius 3 is 2.20 bits per heavy atom. The van der Waals surface area contributed by atoms with E-state index < -0.39 is 4.92 Å². The third-order valence-electron chi connectivity index (χ3n) is 4.37. The zero-order valence-electron chi connectivity index (χ0n) is 15.0. The normalized spacial score (nSPS) is 10.4. The number of hydrogen-bond acceptors (Lipinski definition) is 5. The Hall–Kier alpha value is -2.89. The highest BCUT2D eigenvalue weighted by molar-refractivity contribution is 6.00. The maximum atomic E-state index is 12.6. The van der Waals surface area contributed by atoms with Crippen LogP contribution in [-0.4, -0.2) is 24.4 Å². The smallest absolute Gasteiger partial charge is 0.314 e. The highest BCUT2D eigenvalue weighted by Gasteiger charge is 2.20. The molecule has 6 nitrogen and oxygen atoms in total. The van der Waals surface area contributed by atoms with Gasteiger partial charge in [-0.1, -0.05) is 6.07 Å². The maximum Gasteiger partial charge on any atom is 0.314 e. The second kappa shape index (κ2) is 7.34. The van der Waals surface area contributed by atoms with E-state index in [-0.39, 0.29) is 23.8 Å². The topological polar surface area (TPSA) is 78.7 Å². The Morgan fingerprint density at radius 2 is 1.68 bits per heavy atom. The Morgan fingerprint density at radius 1 is 1.08 bits per heavy atom. The molecule has 0 aromatic heterocycles. The van der Waals surface area contributed by atoms with Crippen molar-refractivity contribution in [1.29, 1.82) is 0 Å². The molecule has 0 heterocycles. The van der Waals surface area contributed by atoms with E-state index in [1.54, 1.807) is 6.07 Å². The summed E-state index contributed by atoms with van der Waals surface area (Å²) in [7, 11) is 1.43. The van der Waals surface area contributed by atoms with E-state index >= 15 is 0 Å². The summed E-state index contributed by atoms with van der Waals surface area (Å²) >= 11 is 0. The molecule has 0 N–H and O–H groups in total. The molecule has 0 fully saturated rings. The zero-order valence-corrected chi connectivity index (χ0v) is 15.0. The highest BCUT2D eigenvalue weighted by atomic mass is 16.6. The average Bonchev–Trinajstić information content (AvgIpc) is 2.58. The third-order valence-corrected chi connectivity index (χ3v) is 4.37. The van der Waals surface area contributed by atoms with Crippen LogP contribution in [0, 0.1) is 37.8 Å². The summed E-state index contributed by atoms with van der Waals surface area (Å²) in [6.45, 7) is 7.43. The van der Waals surface area contributed by atoms with E-state index in [0.717, 1.165) is 22.3 Å². The molecule has 132 valence electrons. The fourth-order valence-corrected chi connectivity index (χ4v) is 2.74. The number of nitrogens with zero attached hydrogens (tertiary/aromatic N) is 1. The Bertz CT molecular complexity index is 816. The van der Waals surface area contributed by atoms with Crippen LogP contribution in [0.2, 0.25) is 0 Å². The molecule has 25 heavy (non-hydrogen) atoms. The van der Waals surface area contributed by atoms with Crippen LogP contribution in [0.3, 0.4) is 0 Å². The van der Waals surface area contributed by atoms with Crippen LogP contribution in [0.25, 0.3) is 0 Å². The van der Waals surface area contributed by atoms with Gasteiger partial charge in [0, 0.05) is 5.56 Å². The summed E-state index contributed by atoms with van der Waals surface area (Å²) in [5.41, 5.74) is 4.25. The highest BCUT2D eigenvalue weighted by Crippen LogP contribution is 2.31. The van der Waals surface area contributed by atoms with Crippen LogP contribution >= 0.6 is 0 Å². The van der Waals surface area contributed by atoms with Crippen molar-refractivity contribution in [1.82, 2.24) is 0 Å². The van der Waals surface area contributed by atoms with Crippen molar-refractivity contribution < 1.29 is 19.2 Å². The van der Waals surface area contributed by atoms with Gasteiger partial charge in [0.15, 0.2) is 12.4 Å². The van der Waals surface area contributed by atoms with Crippen LogP contribution in [0.4, 0.5) is 5.69 Å². The number of ether oxygens (including phenoxy) is 2. The summed E-state index contributed by atoms with van der Waals surface area (Å²) < 4.78 is 10.4. The lowest BCUT2D eigenvalue weighted by molar-refractivity contribution is -0.385. The number of aryl methyl sites for hydroxylation is 2. The lowest BCUT2D eigenvalue weighted by atomic mass is 9.92. The first-order valence-corrected chi connectivity index (χ1v) is 7.82. The van der Waals surface area contributed by atoms with E-state index in [2.05, 4.69) is 0 Å². The molecule has 0 aliphatic carbocycles. The standard InChI is InChI=1S/C19H21NO5/c1-11-8-12(2)14(4)19(13(11)3)17(21)10-25-18-7-6-15(24-5)9-16(18)20(22)23/h6-9H,10H2,1-5H3. The predicted molar refractivity (Wildman–Crippen MR) is 94.9 cm³/mol. The summed E-state index contributed by atoms with van der Waals surface area (Å²) in [6.07, 6.45) is 0. The summed E-state index contributed by atoms with van der Waals surface area (Å²) in [6, 6.07) is 6.30. The number of methoxy groups -OCH3 is 1. The molecule has 2 rings (SSSR count). The van der Waals surface area contributed by atoms with Gasteiger partial charge in [-0.25, -0.2) is 0 Å². The number of nitro groups is 1. The lowest BCUT2D eigenvalue weighted by Gasteiger charge is -2.15. The van der Waals surface area contributed by atoms with Gasteiger partial charge in [0.1, 0.15) is 5.75 Å². The van der Waals surface area contributed by atoms with Crippen molar-refractivity contribution in [2.24, 2.45) is 0 Å². The zero-order chi connectivity index (χ0) is 18.7. The lowest BCUT2D eigenvalue weighted by Crippen LogP contribution is -2.16. The molecule has 0 aliphatic rings. The molecule has 0 amide bonds. The summed E-state index contributed by atoms with van der Waals surface area (Å²) in [4.78, 5) is 23.3. The predicted octanol–water partition coefficient (Wildman–Crippen LogP) is 4.10. The molecular weight excluding hydrogens is 322 g/mol. The van der Waals surface area contributed by atoms with Gasteiger partial charge in [-0.05, 0) is 62.1 Å². The van der Waals surface area contributed by atoms with Crippen LogP contribution in [-0.2, 0) is 0 Å².